The lowest BCUT2D eigenvalue weighted by Crippen LogP contribution is -2.27. The molecule has 5 rings (SSSR count). The summed E-state index contributed by atoms with van der Waals surface area (Å²) in [5.74, 6) is 0.358. The standard InChI is InChI=1S/C29H31N5O3S2/c1-3-22-14-16-24(17-15-22)30-28(35)21(2)38-29-32-31-27(34(29)25-11-5-4-6-12-25)23-10-9-13-26(20-23)39(36,37)33-18-7-8-19-33/h4-6,9-17,20-21H,3,7-8,18-19H2,1-2H3,(H,30,35)/t21-/m0/s1. The van der Waals surface area contributed by atoms with Crippen molar-refractivity contribution in [1.82, 2.24) is 19.1 Å². The second kappa shape index (κ2) is 11.7. The van der Waals surface area contributed by atoms with Gasteiger partial charge in [0.05, 0.1) is 10.1 Å². The minimum Gasteiger partial charge on any atom is -0.325 e. The van der Waals surface area contributed by atoms with E-state index in [1.54, 1.807) is 18.2 Å². The van der Waals surface area contributed by atoms with Gasteiger partial charge in [0, 0.05) is 30.0 Å². The molecule has 0 bridgehead atoms. The number of para-hydroxylation sites is 1. The largest absolute Gasteiger partial charge is 0.325 e. The average molecular weight is 562 g/mol. The first kappa shape index (κ1) is 27.1. The van der Waals surface area contributed by atoms with Gasteiger partial charge >= 0.3 is 0 Å². The number of hydrogen-bond donors (Lipinski definition) is 1. The third-order valence-electron chi connectivity index (χ3n) is 6.72. The lowest BCUT2D eigenvalue weighted by atomic mass is 10.1. The Kier molecular flexibility index (Phi) is 8.15. The maximum Gasteiger partial charge on any atom is 0.243 e. The molecule has 3 aromatic carbocycles. The molecule has 1 aliphatic rings. The molecule has 1 saturated heterocycles. The van der Waals surface area contributed by atoms with Crippen molar-refractivity contribution < 1.29 is 13.2 Å². The fourth-order valence-electron chi connectivity index (χ4n) is 4.50. The number of carbonyl (C=O) groups is 1. The van der Waals surface area contributed by atoms with E-state index in [4.69, 9.17) is 0 Å². The molecule has 1 amide bonds. The first-order valence-corrected chi connectivity index (χ1v) is 15.4. The van der Waals surface area contributed by atoms with Crippen LogP contribution in [0, 0.1) is 0 Å². The van der Waals surface area contributed by atoms with Gasteiger partial charge in [0.2, 0.25) is 15.9 Å². The lowest BCUT2D eigenvalue weighted by molar-refractivity contribution is -0.115. The Balaban J connectivity index is 1.45. The van der Waals surface area contributed by atoms with Crippen molar-refractivity contribution in [3.05, 3.63) is 84.4 Å². The number of sulfonamides is 1. The summed E-state index contributed by atoms with van der Waals surface area (Å²) in [6, 6.07) is 24.3. The topological polar surface area (TPSA) is 97.2 Å². The number of anilines is 1. The van der Waals surface area contributed by atoms with Crippen molar-refractivity contribution >= 4 is 33.4 Å². The minimum absolute atomic E-state index is 0.146. The van der Waals surface area contributed by atoms with E-state index < -0.39 is 15.3 Å². The fourth-order valence-corrected chi connectivity index (χ4v) is 6.93. The van der Waals surface area contributed by atoms with Crippen LogP contribution in [-0.2, 0) is 21.2 Å². The van der Waals surface area contributed by atoms with Crippen molar-refractivity contribution in [3.8, 4) is 17.1 Å². The summed E-state index contributed by atoms with van der Waals surface area (Å²) in [6.07, 6.45) is 2.68. The summed E-state index contributed by atoms with van der Waals surface area (Å²) >= 11 is 1.30. The molecule has 10 heteroatoms. The van der Waals surface area contributed by atoms with E-state index in [1.165, 1.54) is 21.6 Å². The highest BCUT2D eigenvalue weighted by Crippen LogP contribution is 2.32. The van der Waals surface area contributed by atoms with E-state index >= 15 is 0 Å². The number of rotatable bonds is 9. The summed E-state index contributed by atoms with van der Waals surface area (Å²) in [6.45, 7) is 4.99. The molecular formula is C29H31N5O3S2. The molecule has 1 fully saturated rings. The number of amides is 1. The zero-order valence-corrected chi connectivity index (χ0v) is 23.6. The molecule has 8 nitrogen and oxygen atoms in total. The Hall–Kier alpha value is -3.47. The first-order valence-electron chi connectivity index (χ1n) is 13.0. The van der Waals surface area contributed by atoms with Gasteiger partial charge < -0.3 is 5.32 Å². The van der Waals surface area contributed by atoms with Crippen LogP contribution < -0.4 is 5.32 Å². The SMILES string of the molecule is CCc1ccc(NC(=O)[C@H](C)Sc2nnc(-c3cccc(S(=O)(=O)N4CCCC4)c3)n2-c2ccccc2)cc1. The van der Waals surface area contributed by atoms with Crippen LogP contribution in [0.3, 0.4) is 0 Å². The summed E-state index contributed by atoms with van der Waals surface area (Å²) in [5, 5.41) is 11.9. The Morgan fingerprint density at radius 1 is 0.974 bits per heavy atom. The van der Waals surface area contributed by atoms with E-state index in [9.17, 15) is 13.2 Å². The predicted octanol–water partition coefficient (Wildman–Crippen LogP) is 5.40. The smallest absolute Gasteiger partial charge is 0.243 e. The van der Waals surface area contributed by atoms with Crippen LogP contribution in [0.25, 0.3) is 17.1 Å². The molecule has 202 valence electrons. The molecular weight excluding hydrogens is 530 g/mol. The van der Waals surface area contributed by atoms with E-state index in [0.29, 0.717) is 29.6 Å². The number of nitrogens with one attached hydrogen (secondary N) is 1. The molecule has 1 aromatic heterocycles. The van der Waals surface area contributed by atoms with E-state index in [1.807, 2.05) is 72.2 Å². The molecule has 2 heterocycles. The van der Waals surface area contributed by atoms with E-state index in [-0.39, 0.29) is 10.8 Å². The molecule has 0 spiro atoms. The van der Waals surface area contributed by atoms with Gasteiger partial charge in [0.15, 0.2) is 11.0 Å². The first-order chi connectivity index (χ1) is 18.9. The van der Waals surface area contributed by atoms with Gasteiger partial charge in [-0.3, -0.25) is 9.36 Å². The predicted molar refractivity (Wildman–Crippen MR) is 155 cm³/mol. The quantitative estimate of drug-likeness (QED) is 0.275. The van der Waals surface area contributed by atoms with Gasteiger partial charge in [-0.05, 0) is 68.1 Å². The van der Waals surface area contributed by atoms with Crippen LogP contribution in [0.5, 0.6) is 0 Å². The van der Waals surface area contributed by atoms with Crippen molar-refractivity contribution in [1.29, 1.82) is 0 Å². The summed E-state index contributed by atoms with van der Waals surface area (Å²) < 4.78 is 29.8. The van der Waals surface area contributed by atoms with Gasteiger partial charge in [-0.15, -0.1) is 10.2 Å². The number of nitrogens with zero attached hydrogens (tertiary/aromatic N) is 4. The van der Waals surface area contributed by atoms with Crippen molar-refractivity contribution in [2.75, 3.05) is 18.4 Å². The molecule has 1 atom stereocenters. The molecule has 0 unspecified atom stereocenters. The second-order valence-electron chi connectivity index (χ2n) is 9.42. The molecule has 39 heavy (non-hydrogen) atoms. The molecule has 1 aliphatic heterocycles. The number of thioether (sulfide) groups is 1. The van der Waals surface area contributed by atoms with Gasteiger partial charge in [-0.1, -0.05) is 61.2 Å². The Morgan fingerprint density at radius 2 is 1.69 bits per heavy atom. The highest BCUT2D eigenvalue weighted by Gasteiger charge is 2.28. The zero-order chi connectivity index (χ0) is 27.4. The van der Waals surface area contributed by atoms with E-state index in [2.05, 4.69) is 22.4 Å². The maximum absolute atomic E-state index is 13.2. The molecule has 0 radical (unpaired) electrons. The Bertz CT molecular complexity index is 1550. The monoisotopic (exact) mass is 561 g/mol. The van der Waals surface area contributed by atoms with Gasteiger partial charge in [0.1, 0.15) is 0 Å². The minimum atomic E-state index is -3.59. The second-order valence-corrected chi connectivity index (χ2v) is 12.7. The molecule has 0 saturated carbocycles. The van der Waals surface area contributed by atoms with E-state index in [0.717, 1.165) is 30.6 Å². The van der Waals surface area contributed by atoms with Gasteiger partial charge in [-0.25, -0.2) is 8.42 Å². The van der Waals surface area contributed by atoms with Crippen LogP contribution in [-0.4, -0.2) is 51.7 Å². The van der Waals surface area contributed by atoms with Crippen LogP contribution in [0.1, 0.15) is 32.3 Å². The van der Waals surface area contributed by atoms with Gasteiger partial charge in [-0.2, -0.15) is 4.31 Å². The zero-order valence-electron chi connectivity index (χ0n) is 21.9. The number of aromatic nitrogens is 3. The Morgan fingerprint density at radius 3 is 2.38 bits per heavy atom. The van der Waals surface area contributed by atoms with Crippen LogP contribution in [0.15, 0.2) is 88.9 Å². The van der Waals surface area contributed by atoms with Crippen molar-refractivity contribution in [3.63, 3.8) is 0 Å². The van der Waals surface area contributed by atoms with Crippen molar-refractivity contribution in [2.24, 2.45) is 0 Å². The van der Waals surface area contributed by atoms with Gasteiger partial charge in [0.25, 0.3) is 0 Å². The number of benzene rings is 3. The highest BCUT2D eigenvalue weighted by atomic mass is 32.2. The number of aryl methyl sites for hydroxylation is 1. The lowest BCUT2D eigenvalue weighted by Gasteiger charge is -2.16. The third kappa shape index (κ3) is 5.93. The molecule has 4 aromatic rings. The van der Waals surface area contributed by atoms with Crippen LogP contribution >= 0.6 is 11.8 Å². The maximum atomic E-state index is 13.2. The summed E-state index contributed by atoms with van der Waals surface area (Å²) in [5.41, 5.74) is 3.39. The fraction of sp³-hybridized carbons (Fsp3) is 0.276. The normalized spacial score (nSPS) is 14.8. The highest BCUT2D eigenvalue weighted by molar-refractivity contribution is 8.00. The van der Waals surface area contributed by atoms with Crippen LogP contribution in [0.2, 0.25) is 0 Å². The number of carbonyl (C=O) groups excluding carboxylic acids is 1. The van der Waals surface area contributed by atoms with Crippen molar-refractivity contribution in [2.45, 2.75) is 48.4 Å². The molecule has 1 N–H and O–H groups in total. The summed E-state index contributed by atoms with van der Waals surface area (Å²) in [7, 11) is -3.59. The number of hydrogen-bond acceptors (Lipinski definition) is 6. The average Bonchev–Trinajstić information content (AvgIpc) is 3.65. The third-order valence-corrected chi connectivity index (χ3v) is 9.66. The summed E-state index contributed by atoms with van der Waals surface area (Å²) in [4.78, 5) is 13.3. The van der Waals surface area contributed by atoms with Crippen LogP contribution in [0.4, 0.5) is 5.69 Å². The molecule has 0 aliphatic carbocycles. The Labute approximate surface area is 233 Å².